The summed E-state index contributed by atoms with van der Waals surface area (Å²) in [6.45, 7) is 6.24. The zero-order valence-corrected chi connectivity index (χ0v) is 11.0. The lowest BCUT2D eigenvalue weighted by molar-refractivity contribution is 0.0697. The number of carboxylic acids is 1. The molecule has 1 saturated heterocycles. The van der Waals surface area contributed by atoms with E-state index in [2.05, 4.69) is 18.7 Å². The average Bonchev–Trinajstić information content (AvgIpc) is 2.26. The fourth-order valence-electron chi connectivity index (χ4n) is 2.21. The summed E-state index contributed by atoms with van der Waals surface area (Å²) in [6, 6.07) is 5.10. The fraction of sp³-hybridized carbons (Fsp3) is 0.500. The number of ether oxygens (including phenoxy) is 1. The van der Waals surface area contributed by atoms with Gasteiger partial charge in [0.05, 0.1) is 18.4 Å². The van der Waals surface area contributed by atoms with Gasteiger partial charge in [-0.25, -0.2) is 4.79 Å². The van der Waals surface area contributed by atoms with Crippen LogP contribution in [-0.2, 0) is 0 Å². The van der Waals surface area contributed by atoms with Crippen molar-refractivity contribution in [2.24, 2.45) is 11.8 Å². The number of hydrogen-bond acceptors (Lipinski definition) is 3. The van der Waals surface area contributed by atoms with Gasteiger partial charge in [0.1, 0.15) is 5.75 Å². The number of carboxylic acid groups (broad SMARTS) is 1. The molecule has 0 aromatic heterocycles. The number of aromatic carboxylic acids is 1. The Hall–Kier alpha value is -1.71. The smallest absolute Gasteiger partial charge is 0.337 e. The minimum Gasteiger partial charge on any atom is -0.497 e. The van der Waals surface area contributed by atoms with Crippen LogP contribution in [0.25, 0.3) is 0 Å². The van der Waals surface area contributed by atoms with Crippen molar-refractivity contribution in [1.29, 1.82) is 0 Å². The van der Waals surface area contributed by atoms with E-state index in [1.807, 2.05) is 0 Å². The largest absolute Gasteiger partial charge is 0.497 e. The first-order valence-corrected chi connectivity index (χ1v) is 6.19. The molecule has 1 heterocycles. The van der Waals surface area contributed by atoms with Gasteiger partial charge in [-0.1, -0.05) is 13.8 Å². The molecular weight excluding hydrogens is 230 g/mol. The molecule has 98 valence electrons. The first kappa shape index (κ1) is 12.7. The minimum atomic E-state index is -0.888. The molecule has 1 aromatic carbocycles. The normalized spacial score (nSPS) is 15.7. The second-order valence-electron chi connectivity index (χ2n) is 5.10. The van der Waals surface area contributed by atoms with E-state index in [0.717, 1.165) is 18.8 Å². The summed E-state index contributed by atoms with van der Waals surface area (Å²) in [5.74, 6) is 1.10. The Labute approximate surface area is 107 Å². The summed E-state index contributed by atoms with van der Waals surface area (Å²) >= 11 is 0. The van der Waals surface area contributed by atoms with Gasteiger partial charge in [-0.15, -0.1) is 0 Å². The van der Waals surface area contributed by atoms with E-state index >= 15 is 0 Å². The maximum atomic E-state index is 11.2. The van der Waals surface area contributed by atoms with Crippen molar-refractivity contribution in [3.63, 3.8) is 0 Å². The fourth-order valence-corrected chi connectivity index (χ4v) is 2.21. The van der Waals surface area contributed by atoms with Crippen LogP contribution in [0.1, 0.15) is 24.2 Å². The van der Waals surface area contributed by atoms with E-state index in [4.69, 9.17) is 4.74 Å². The van der Waals surface area contributed by atoms with E-state index in [1.54, 1.807) is 25.3 Å². The molecule has 1 aliphatic rings. The third-order valence-corrected chi connectivity index (χ3v) is 3.63. The number of methoxy groups -OCH3 is 1. The number of benzene rings is 1. The van der Waals surface area contributed by atoms with Crippen molar-refractivity contribution < 1.29 is 14.6 Å². The molecule has 0 radical (unpaired) electrons. The van der Waals surface area contributed by atoms with Crippen LogP contribution in [0, 0.1) is 11.8 Å². The Balaban J connectivity index is 2.23. The van der Waals surface area contributed by atoms with E-state index in [1.165, 1.54) is 0 Å². The van der Waals surface area contributed by atoms with E-state index in [-0.39, 0.29) is 0 Å². The molecule has 1 N–H and O–H groups in total. The van der Waals surface area contributed by atoms with Crippen LogP contribution in [0.3, 0.4) is 0 Å². The van der Waals surface area contributed by atoms with Gasteiger partial charge in [0.25, 0.3) is 0 Å². The van der Waals surface area contributed by atoms with Crippen molar-refractivity contribution in [1.82, 2.24) is 0 Å². The van der Waals surface area contributed by atoms with Crippen molar-refractivity contribution >= 4 is 11.7 Å². The first-order chi connectivity index (χ1) is 8.52. The number of anilines is 1. The van der Waals surface area contributed by atoms with Crippen LogP contribution in [0.5, 0.6) is 5.75 Å². The van der Waals surface area contributed by atoms with Gasteiger partial charge < -0.3 is 14.7 Å². The lowest BCUT2D eigenvalue weighted by Gasteiger charge is -2.43. The summed E-state index contributed by atoms with van der Waals surface area (Å²) in [5.41, 5.74) is 1.11. The molecule has 2 rings (SSSR count). The highest BCUT2D eigenvalue weighted by Gasteiger charge is 2.31. The molecular formula is C14H19NO3. The Kier molecular flexibility index (Phi) is 3.45. The van der Waals surface area contributed by atoms with Gasteiger partial charge in [-0.3, -0.25) is 0 Å². The molecule has 18 heavy (non-hydrogen) atoms. The number of carbonyl (C=O) groups is 1. The summed E-state index contributed by atoms with van der Waals surface area (Å²) in [7, 11) is 1.59. The van der Waals surface area contributed by atoms with Crippen molar-refractivity contribution in [2.45, 2.75) is 13.8 Å². The molecule has 1 aliphatic heterocycles. The molecule has 0 unspecified atom stereocenters. The van der Waals surface area contributed by atoms with Gasteiger partial charge in [0, 0.05) is 19.2 Å². The van der Waals surface area contributed by atoms with Crippen molar-refractivity contribution in [2.75, 3.05) is 25.1 Å². The van der Waals surface area contributed by atoms with Crippen LogP contribution in [0.4, 0.5) is 5.69 Å². The molecule has 4 heteroatoms. The maximum absolute atomic E-state index is 11.2. The second kappa shape index (κ2) is 4.88. The average molecular weight is 249 g/mol. The Morgan fingerprint density at radius 1 is 1.44 bits per heavy atom. The predicted molar refractivity (Wildman–Crippen MR) is 70.5 cm³/mol. The van der Waals surface area contributed by atoms with Gasteiger partial charge in [0.2, 0.25) is 0 Å². The maximum Gasteiger partial charge on any atom is 0.337 e. The molecule has 0 aliphatic carbocycles. The summed E-state index contributed by atoms with van der Waals surface area (Å²) in [4.78, 5) is 13.3. The predicted octanol–water partition coefficient (Wildman–Crippen LogP) is 2.49. The molecule has 1 fully saturated rings. The zero-order valence-electron chi connectivity index (χ0n) is 11.0. The second-order valence-corrected chi connectivity index (χ2v) is 5.10. The molecule has 0 amide bonds. The number of rotatable bonds is 4. The molecule has 1 aromatic rings. The van der Waals surface area contributed by atoms with E-state index < -0.39 is 5.97 Å². The van der Waals surface area contributed by atoms with Crippen molar-refractivity contribution in [3.05, 3.63) is 23.8 Å². The molecule has 0 bridgehead atoms. The summed E-state index contributed by atoms with van der Waals surface area (Å²) in [5, 5.41) is 9.21. The van der Waals surface area contributed by atoms with Crippen LogP contribution >= 0.6 is 0 Å². The van der Waals surface area contributed by atoms with Gasteiger partial charge in [-0.05, 0) is 24.0 Å². The van der Waals surface area contributed by atoms with E-state index in [9.17, 15) is 9.90 Å². The quantitative estimate of drug-likeness (QED) is 0.890. The zero-order chi connectivity index (χ0) is 13.3. The van der Waals surface area contributed by atoms with E-state index in [0.29, 0.717) is 23.1 Å². The summed E-state index contributed by atoms with van der Waals surface area (Å²) < 4.78 is 5.16. The highest BCUT2D eigenvalue weighted by molar-refractivity contribution is 5.95. The van der Waals surface area contributed by atoms with Crippen LogP contribution in [-0.4, -0.2) is 31.3 Å². The Bertz CT molecular complexity index is 450. The molecule has 0 saturated carbocycles. The highest BCUT2D eigenvalue weighted by Crippen LogP contribution is 2.33. The first-order valence-electron chi connectivity index (χ1n) is 6.19. The number of hydrogen-bond donors (Lipinski definition) is 1. The third-order valence-electron chi connectivity index (χ3n) is 3.63. The molecule has 4 nitrogen and oxygen atoms in total. The minimum absolute atomic E-state index is 0.345. The van der Waals surface area contributed by atoms with Gasteiger partial charge in [-0.2, -0.15) is 0 Å². The molecule has 0 spiro atoms. The van der Waals surface area contributed by atoms with Gasteiger partial charge in [0.15, 0.2) is 0 Å². The van der Waals surface area contributed by atoms with Crippen LogP contribution in [0.2, 0.25) is 0 Å². The Morgan fingerprint density at radius 2 is 2.11 bits per heavy atom. The van der Waals surface area contributed by atoms with Crippen LogP contribution in [0.15, 0.2) is 18.2 Å². The summed E-state index contributed by atoms with van der Waals surface area (Å²) in [6.07, 6.45) is 0. The van der Waals surface area contributed by atoms with Crippen LogP contribution < -0.4 is 9.64 Å². The number of nitrogens with zero attached hydrogens (tertiary/aromatic N) is 1. The van der Waals surface area contributed by atoms with Gasteiger partial charge >= 0.3 is 5.97 Å². The highest BCUT2D eigenvalue weighted by atomic mass is 16.5. The SMILES string of the molecule is COc1ccc(C(=O)O)c(N2CC(C(C)C)C2)c1. The lowest BCUT2D eigenvalue weighted by atomic mass is 9.87. The standard InChI is InChI=1S/C14H19NO3/c1-9(2)10-7-15(8-10)13-6-11(18-3)4-5-12(13)14(16)17/h4-6,9-10H,7-8H2,1-3H3,(H,16,17). The lowest BCUT2D eigenvalue weighted by Crippen LogP contribution is -2.49. The van der Waals surface area contributed by atoms with Crippen molar-refractivity contribution in [3.8, 4) is 5.75 Å². The monoisotopic (exact) mass is 249 g/mol. The topological polar surface area (TPSA) is 49.8 Å². The third kappa shape index (κ3) is 2.28. The molecule has 0 atom stereocenters. The Morgan fingerprint density at radius 3 is 2.61 bits per heavy atom.